The Morgan fingerprint density at radius 3 is 1.32 bits per heavy atom. The minimum absolute atomic E-state index is 0.209. The number of halogens is 3. The molecule has 38 heavy (non-hydrogen) atoms. The summed E-state index contributed by atoms with van der Waals surface area (Å²) in [7, 11) is 0. The number of hydrogen-bond donors (Lipinski definition) is 0. The molecule has 2 heterocycles. The first-order chi connectivity index (χ1) is 18.0. The van der Waals surface area contributed by atoms with Crippen LogP contribution in [-0.4, -0.2) is 4.98 Å². The monoisotopic (exact) mass is 569 g/mol. The number of anilines is 2. The third-order valence-corrected chi connectivity index (χ3v) is 8.59. The Morgan fingerprint density at radius 2 is 0.974 bits per heavy atom. The second-order valence-corrected chi connectivity index (χ2v) is 12.4. The second kappa shape index (κ2) is 11.5. The average molecular weight is 571 g/mol. The van der Waals surface area contributed by atoms with E-state index in [4.69, 9.17) is 34.8 Å². The van der Waals surface area contributed by atoms with Gasteiger partial charge in [0.25, 0.3) is 0 Å². The number of rotatable bonds is 7. The highest BCUT2D eigenvalue weighted by atomic mass is 35.5. The lowest BCUT2D eigenvalue weighted by Crippen LogP contribution is -2.33. The second-order valence-electron chi connectivity index (χ2n) is 11.3. The average Bonchev–Trinajstić information content (AvgIpc) is 3.30. The maximum Gasteiger partial charge on any atom is 0.149 e. The molecule has 202 valence electrons. The number of benzene rings is 2. The Morgan fingerprint density at radius 1 is 0.605 bits per heavy atom. The highest BCUT2D eigenvalue weighted by Gasteiger charge is 2.37. The first-order valence-corrected chi connectivity index (χ1v) is 14.6. The van der Waals surface area contributed by atoms with Crippen LogP contribution >= 0.6 is 34.8 Å². The van der Waals surface area contributed by atoms with E-state index in [2.05, 4.69) is 119 Å². The summed E-state index contributed by atoms with van der Waals surface area (Å²) >= 11 is 19.8. The van der Waals surface area contributed by atoms with E-state index in [0.717, 1.165) is 5.56 Å². The summed E-state index contributed by atoms with van der Waals surface area (Å²) in [5.74, 6) is 1.35. The van der Waals surface area contributed by atoms with E-state index in [1.165, 1.54) is 33.6 Å². The molecule has 6 heteroatoms. The lowest BCUT2D eigenvalue weighted by atomic mass is 9.90. The molecule has 0 unspecified atom stereocenters. The number of pyridine rings is 1. The van der Waals surface area contributed by atoms with E-state index >= 15 is 0 Å². The molecule has 0 spiro atoms. The van der Waals surface area contributed by atoms with Gasteiger partial charge in [-0.15, -0.1) is 0 Å². The van der Waals surface area contributed by atoms with E-state index in [1.54, 1.807) is 6.20 Å². The molecule has 1 aliphatic heterocycles. The Bertz CT molecular complexity index is 1220. The van der Waals surface area contributed by atoms with Crippen LogP contribution < -0.4 is 9.80 Å². The maximum atomic E-state index is 6.96. The Balaban J connectivity index is 2.05. The van der Waals surface area contributed by atoms with Gasteiger partial charge >= 0.3 is 0 Å². The van der Waals surface area contributed by atoms with Crippen molar-refractivity contribution in [1.29, 1.82) is 0 Å². The smallest absolute Gasteiger partial charge is 0.149 e. The zero-order chi connectivity index (χ0) is 27.9. The molecule has 1 aromatic heterocycles. The summed E-state index contributed by atoms with van der Waals surface area (Å²) in [5.41, 5.74) is 8.38. The van der Waals surface area contributed by atoms with Crippen molar-refractivity contribution in [2.45, 2.75) is 85.2 Å². The topological polar surface area (TPSA) is 19.4 Å². The van der Waals surface area contributed by atoms with Crippen molar-refractivity contribution in [3.8, 4) is 0 Å². The molecule has 0 radical (unpaired) electrons. The van der Waals surface area contributed by atoms with Crippen molar-refractivity contribution in [2.75, 3.05) is 9.80 Å². The van der Waals surface area contributed by atoms with Crippen LogP contribution in [0.1, 0.15) is 113 Å². The molecule has 3 aromatic rings. The van der Waals surface area contributed by atoms with Gasteiger partial charge in [-0.3, -0.25) is 0 Å². The first kappa shape index (κ1) is 28.8. The van der Waals surface area contributed by atoms with E-state index in [-0.39, 0.29) is 16.3 Å². The van der Waals surface area contributed by atoms with Crippen molar-refractivity contribution in [1.82, 2.24) is 4.98 Å². The van der Waals surface area contributed by atoms with Crippen molar-refractivity contribution in [2.24, 2.45) is 0 Å². The molecule has 0 fully saturated rings. The largest absolute Gasteiger partial charge is 0.321 e. The number of hydrogen-bond acceptors (Lipinski definition) is 3. The van der Waals surface area contributed by atoms with Crippen LogP contribution in [0, 0.1) is 0 Å². The van der Waals surface area contributed by atoms with E-state index in [9.17, 15) is 0 Å². The van der Waals surface area contributed by atoms with Gasteiger partial charge in [0.15, 0.2) is 0 Å². The molecule has 2 aromatic carbocycles. The molecule has 0 saturated carbocycles. The summed E-state index contributed by atoms with van der Waals surface area (Å²) in [5, 5.41) is 0.914. The predicted octanol–water partition coefficient (Wildman–Crippen LogP) is 11.0. The predicted molar refractivity (Wildman–Crippen MR) is 165 cm³/mol. The van der Waals surface area contributed by atoms with Crippen LogP contribution in [0.4, 0.5) is 11.4 Å². The van der Waals surface area contributed by atoms with Crippen molar-refractivity contribution < 1.29 is 0 Å². The quantitative estimate of drug-likeness (QED) is 0.263. The fourth-order valence-electron chi connectivity index (χ4n) is 5.39. The standard InChI is InChI=1S/C32H38Cl3N3/c1-18(2)22-11-9-12-23(19(3)4)29(22)37-15-16-38(32(37)26-17-36-31(35)28(34)27(26)33)30-24(20(5)6)13-10-14-25(30)21(7)8/h9-21,32H,1-8H3. The van der Waals surface area contributed by atoms with Crippen molar-refractivity contribution in [3.63, 3.8) is 0 Å². The van der Waals surface area contributed by atoms with Crippen LogP contribution in [0.15, 0.2) is 55.0 Å². The Labute approximate surface area is 243 Å². The van der Waals surface area contributed by atoms with Crippen LogP contribution in [0.25, 0.3) is 0 Å². The third-order valence-electron chi connectivity index (χ3n) is 7.34. The molecule has 0 bridgehead atoms. The summed E-state index contributed by atoms with van der Waals surface area (Å²) in [6.45, 7) is 18.0. The molecule has 0 atom stereocenters. The van der Waals surface area contributed by atoms with Gasteiger partial charge in [0, 0.05) is 35.5 Å². The SMILES string of the molecule is CC(C)c1cccc(C(C)C)c1N1C=CN(c2c(C(C)C)cccc2C(C)C)C1c1cnc(Cl)c(Cl)c1Cl. The van der Waals surface area contributed by atoms with Crippen LogP contribution in [0.3, 0.4) is 0 Å². The van der Waals surface area contributed by atoms with Gasteiger partial charge in [0.2, 0.25) is 0 Å². The van der Waals surface area contributed by atoms with Gasteiger partial charge in [-0.25, -0.2) is 4.98 Å². The lowest BCUT2D eigenvalue weighted by Gasteiger charge is -2.38. The van der Waals surface area contributed by atoms with Gasteiger partial charge in [-0.05, 0) is 45.9 Å². The van der Waals surface area contributed by atoms with E-state index < -0.39 is 0 Å². The molecule has 3 nitrogen and oxygen atoms in total. The van der Waals surface area contributed by atoms with Crippen molar-refractivity contribution >= 4 is 46.2 Å². The van der Waals surface area contributed by atoms with Gasteiger partial charge < -0.3 is 9.80 Å². The van der Waals surface area contributed by atoms with Crippen LogP contribution in [-0.2, 0) is 0 Å². The minimum Gasteiger partial charge on any atom is -0.321 e. The lowest BCUT2D eigenvalue weighted by molar-refractivity contribution is 0.699. The number of para-hydroxylation sites is 2. The third kappa shape index (κ3) is 5.18. The fourth-order valence-corrected chi connectivity index (χ4v) is 5.98. The summed E-state index contributed by atoms with van der Waals surface area (Å²) in [6, 6.07) is 13.3. The molecule has 0 N–H and O–H groups in total. The molecule has 4 rings (SSSR count). The fraction of sp³-hybridized carbons (Fsp3) is 0.406. The molecule has 0 aliphatic carbocycles. The van der Waals surface area contributed by atoms with Crippen LogP contribution in [0.2, 0.25) is 15.2 Å². The zero-order valence-corrected chi connectivity index (χ0v) is 25.8. The Hall–Kier alpha value is -2.20. The number of aromatic nitrogens is 1. The molecule has 0 saturated heterocycles. The summed E-state index contributed by atoms with van der Waals surface area (Å²) < 4.78 is 0. The van der Waals surface area contributed by atoms with E-state index in [1.807, 2.05) is 0 Å². The van der Waals surface area contributed by atoms with Crippen molar-refractivity contribution in [3.05, 3.63) is 98.0 Å². The summed E-state index contributed by atoms with van der Waals surface area (Å²) in [6.07, 6.45) is 5.84. The highest BCUT2D eigenvalue weighted by Crippen LogP contribution is 2.49. The van der Waals surface area contributed by atoms with Gasteiger partial charge in [-0.1, -0.05) is 127 Å². The van der Waals surface area contributed by atoms with Gasteiger partial charge in [0.1, 0.15) is 11.3 Å². The van der Waals surface area contributed by atoms with Gasteiger partial charge in [-0.2, -0.15) is 0 Å². The number of nitrogens with zero attached hydrogens (tertiary/aromatic N) is 3. The highest BCUT2D eigenvalue weighted by molar-refractivity contribution is 6.47. The maximum absolute atomic E-state index is 6.96. The van der Waals surface area contributed by atoms with E-state index in [0.29, 0.717) is 28.7 Å². The molecular formula is C32H38Cl3N3. The molecular weight excluding hydrogens is 533 g/mol. The Kier molecular flexibility index (Phi) is 8.71. The summed E-state index contributed by atoms with van der Waals surface area (Å²) in [4.78, 5) is 9.13. The van der Waals surface area contributed by atoms with Crippen LogP contribution in [0.5, 0.6) is 0 Å². The normalized spacial score (nSPS) is 14.3. The minimum atomic E-state index is -0.292. The first-order valence-electron chi connectivity index (χ1n) is 13.5. The molecule has 0 amide bonds. The van der Waals surface area contributed by atoms with Gasteiger partial charge in [0.05, 0.1) is 10.0 Å². The molecule has 1 aliphatic rings. The zero-order valence-electron chi connectivity index (χ0n) is 23.6.